The molecule has 0 atom stereocenters. The number of hydroxylamine groups is 1. The Kier molecular flexibility index (Phi) is 4.08. The molecule has 1 aromatic rings. The fourth-order valence-electron chi connectivity index (χ4n) is 0.932. The van der Waals surface area contributed by atoms with Crippen molar-refractivity contribution in [3.63, 3.8) is 0 Å². The zero-order valence-electron chi connectivity index (χ0n) is 7.66. The average Bonchev–Trinajstić information content (AvgIpc) is 2.25. The standard InChI is InChI=1S/C9H9ClN2O3/c10-7-3-1-2-6(4-7)9(14)11-5-8(13)12-15/h1-4,15H,5H2,(H,11,14)(H,12,13). The molecular weight excluding hydrogens is 220 g/mol. The van der Waals surface area contributed by atoms with Gasteiger partial charge in [0.1, 0.15) is 0 Å². The Morgan fingerprint density at radius 2 is 2.13 bits per heavy atom. The second-order valence-electron chi connectivity index (χ2n) is 2.73. The predicted molar refractivity (Wildman–Crippen MR) is 53.7 cm³/mol. The molecule has 1 aromatic carbocycles. The summed E-state index contributed by atoms with van der Waals surface area (Å²) in [5, 5.41) is 10.9. The summed E-state index contributed by atoms with van der Waals surface area (Å²) in [6.45, 7) is -0.290. The molecule has 0 fully saturated rings. The minimum absolute atomic E-state index is 0.290. The Morgan fingerprint density at radius 3 is 2.73 bits per heavy atom. The predicted octanol–water partition coefficient (Wildman–Crippen LogP) is 0.575. The normalized spacial score (nSPS) is 9.47. The van der Waals surface area contributed by atoms with E-state index in [4.69, 9.17) is 16.8 Å². The zero-order valence-corrected chi connectivity index (χ0v) is 8.41. The van der Waals surface area contributed by atoms with Crippen molar-refractivity contribution in [1.82, 2.24) is 10.8 Å². The highest BCUT2D eigenvalue weighted by atomic mass is 35.5. The van der Waals surface area contributed by atoms with Crippen molar-refractivity contribution in [3.05, 3.63) is 34.9 Å². The summed E-state index contributed by atoms with van der Waals surface area (Å²) in [7, 11) is 0. The molecule has 1 rings (SSSR count). The number of nitrogens with one attached hydrogen (secondary N) is 2. The van der Waals surface area contributed by atoms with Gasteiger partial charge in [-0.2, -0.15) is 0 Å². The Bertz CT molecular complexity index is 381. The lowest BCUT2D eigenvalue weighted by Gasteiger charge is -2.03. The molecule has 0 heterocycles. The lowest BCUT2D eigenvalue weighted by molar-refractivity contribution is -0.128. The summed E-state index contributed by atoms with van der Waals surface area (Å²) in [5.74, 6) is -1.12. The van der Waals surface area contributed by atoms with Crippen molar-refractivity contribution in [2.75, 3.05) is 6.54 Å². The molecule has 0 saturated heterocycles. The number of amides is 2. The lowest BCUT2D eigenvalue weighted by atomic mass is 10.2. The maximum absolute atomic E-state index is 11.4. The van der Waals surface area contributed by atoms with Gasteiger partial charge in [0.2, 0.25) is 0 Å². The molecule has 0 aromatic heterocycles. The van der Waals surface area contributed by atoms with Crippen LogP contribution in [-0.2, 0) is 4.79 Å². The molecule has 0 spiro atoms. The first-order chi connectivity index (χ1) is 7.13. The first kappa shape index (κ1) is 11.5. The number of hydrogen-bond acceptors (Lipinski definition) is 3. The van der Waals surface area contributed by atoms with Crippen molar-refractivity contribution in [2.24, 2.45) is 0 Å². The van der Waals surface area contributed by atoms with Gasteiger partial charge in [0.25, 0.3) is 11.8 Å². The fraction of sp³-hybridized carbons (Fsp3) is 0.111. The Labute approximate surface area is 91.0 Å². The number of rotatable bonds is 3. The van der Waals surface area contributed by atoms with Crippen molar-refractivity contribution >= 4 is 23.4 Å². The van der Waals surface area contributed by atoms with Crippen LogP contribution >= 0.6 is 11.6 Å². The molecule has 0 bridgehead atoms. The van der Waals surface area contributed by atoms with E-state index in [0.29, 0.717) is 10.6 Å². The average molecular weight is 229 g/mol. The molecule has 2 amide bonds. The Balaban J connectivity index is 2.58. The van der Waals surface area contributed by atoms with Crippen LogP contribution in [0.25, 0.3) is 0 Å². The summed E-state index contributed by atoms with van der Waals surface area (Å²) < 4.78 is 0. The van der Waals surface area contributed by atoms with Crippen molar-refractivity contribution < 1.29 is 14.8 Å². The van der Waals surface area contributed by atoms with Crippen LogP contribution in [0.2, 0.25) is 5.02 Å². The van der Waals surface area contributed by atoms with Gasteiger partial charge in [0, 0.05) is 10.6 Å². The fourth-order valence-corrected chi connectivity index (χ4v) is 1.12. The van der Waals surface area contributed by atoms with Gasteiger partial charge in [-0.1, -0.05) is 17.7 Å². The van der Waals surface area contributed by atoms with Gasteiger partial charge in [-0.25, -0.2) is 5.48 Å². The number of benzene rings is 1. The highest BCUT2D eigenvalue weighted by Crippen LogP contribution is 2.10. The van der Waals surface area contributed by atoms with Gasteiger partial charge >= 0.3 is 0 Å². The first-order valence-corrected chi connectivity index (χ1v) is 4.48. The molecule has 15 heavy (non-hydrogen) atoms. The van der Waals surface area contributed by atoms with E-state index in [1.807, 2.05) is 0 Å². The van der Waals surface area contributed by atoms with Gasteiger partial charge in [-0.05, 0) is 18.2 Å². The molecule has 3 N–H and O–H groups in total. The summed E-state index contributed by atoms with van der Waals surface area (Å²) in [4.78, 5) is 22.0. The van der Waals surface area contributed by atoms with E-state index in [0.717, 1.165) is 0 Å². The van der Waals surface area contributed by atoms with E-state index in [1.54, 1.807) is 18.2 Å². The molecule has 0 unspecified atom stereocenters. The van der Waals surface area contributed by atoms with E-state index in [1.165, 1.54) is 11.5 Å². The van der Waals surface area contributed by atoms with Crippen LogP contribution in [0, 0.1) is 0 Å². The topological polar surface area (TPSA) is 78.4 Å². The molecule has 0 aliphatic heterocycles. The second kappa shape index (κ2) is 5.33. The van der Waals surface area contributed by atoms with Crippen LogP contribution in [0.3, 0.4) is 0 Å². The van der Waals surface area contributed by atoms with Gasteiger partial charge in [-0.15, -0.1) is 0 Å². The molecule has 0 aliphatic carbocycles. The van der Waals surface area contributed by atoms with Crippen LogP contribution in [0.1, 0.15) is 10.4 Å². The summed E-state index contributed by atoms with van der Waals surface area (Å²) in [6, 6.07) is 6.31. The van der Waals surface area contributed by atoms with Gasteiger partial charge in [0.05, 0.1) is 6.54 Å². The molecule has 0 saturated carbocycles. The number of hydrogen-bond donors (Lipinski definition) is 3. The summed E-state index contributed by atoms with van der Waals surface area (Å²) in [6.07, 6.45) is 0. The minimum Gasteiger partial charge on any atom is -0.343 e. The third kappa shape index (κ3) is 3.57. The van der Waals surface area contributed by atoms with Crippen molar-refractivity contribution in [1.29, 1.82) is 0 Å². The summed E-state index contributed by atoms with van der Waals surface area (Å²) in [5.41, 5.74) is 1.76. The highest BCUT2D eigenvalue weighted by Gasteiger charge is 2.07. The van der Waals surface area contributed by atoms with E-state index < -0.39 is 11.8 Å². The molecule has 80 valence electrons. The van der Waals surface area contributed by atoms with E-state index in [9.17, 15) is 9.59 Å². The third-order valence-electron chi connectivity index (χ3n) is 1.62. The maximum Gasteiger partial charge on any atom is 0.262 e. The SMILES string of the molecule is O=C(CNC(=O)c1cccc(Cl)c1)NO. The second-order valence-corrected chi connectivity index (χ2v) is 3.16. The van der Waals surface area contributed by atoms with Crippen LogP contribution in [0.4, 0.5) is 0 Å². The Hall–Kier alpha value is -1.59. The van der Waals surface area contributed by atoms with E-state index in [2.05, 4.69) is 5.32 Å². The van der Waals surface area contributed by atoms with E-state index in [-0.39, 0.29) is 6.54 Å². The highest BCUT2D eigenvalue weighted by molar-refractivity contribution is 6.30. The molecule has 6 heteroatoms. The molecule has 0 radical (unpaired) electrons. The van der Waals surface area contributed by atoms with Crippen LogP contribution < -0.4 is 10.8 Å². The lowest BCUT2D eigenvalue weighted by Crippen LogP contribution is -2.35. The third-order valence-corrected chi connectivity index (χ3v) is 1.86. The monoisotopic (exact) mass is 228 g/mol. The number of halogens is 1. The smallest absolute Gasteiger partial charge is 0.262 e. The Morgan fingerprint density at radius 1 is 1.40 bits per heavy atom. The van der Waals surface area contributed by atoms with Crippen LogP contribution in [0.15, 0.2) is 24.3 Å². The van der Waals surface area contributed by atoms with Gasteiger partial charge < -0.3 is 5.32 Å². The van der Waals surface area contributed by atoms with Crippen molar-refractivity contribution in [3.8, 4) is 0 Å². The quantitative estimate of drug-likeness (QED) is 0.523. The zero-order chi connectivity index (χ0) is 11.3. The van der Waals surface area contributed by atoms with Gasteiger partial charge in [-0.3, -0.25) is 14.8 Å². The van der Waals surface area contributed by atoms with Crippen LogP contribution in [-0.4, -0.2) is 23.6 Å². The van der Waals surface area contributed by atoms with Crippen LogP contribution in [0.5, 0.6) is 0 Å². The minimum atomic E-state index is -0.689. The van der Waals surface area contributed by atoms with E-state index >= 15 is 0 Å². The summed E-state index contributed by atoms with van der Waals surface area (Å²) >= 11 is 5.68. The van der Waals surface area contributed by atoms with Crippen molar-refractivity contribution in [2.45, 2.75) is 0 Å². The van der Waals surface area contributed by atoms with Gasteiger partial charge in [0.15, 0.2) is 0 Å². The molecular formula is C9H9ClN2O3. The maximum atomic E-state index is 11.4. The molecule has 5 nitrogen and oxygen atoms in total. The number of carbonyl (C=O) groups excluding carboxylic acids is 2. The molecule has 0 aliphatic rings. The number of carbonyl (C=O) groups is 2. The largest absolute Gasteiger partial charge is 0.343 e. The first-order valence-electron chi connectivity index (χ1n) is 4.10.